The second kappa shape index (κ2) is 9.07. The van der Waals surface area contributed by atoms with Crippen molar-refractivity contribution in [1.82, 2.24) is 15.4 Å². The standard InChI is InChI=1S/C10H17N3.C6H7N/c1-11-10-6-4-9(5-7-10)8-12-13(2)3;1-6-4-2-3-5-7-6/h4-7,11-12H,8H2,1-3H3;2-5H,1H3. The summed E-state index contributed by atoms with van der Waals surface area (Å²) in [5.41, 5.74) is 6.72. The van der Waals surface area contributed by atoms with Crippen LogP contribution in [0.1, 0.15) is 11.3 Å². The van der Waals surface area contributed by atoms with E-state index < -0.39 is 0 Å². The van der Waals surface area contributed by atoms with Gasteiger partial charge in [0.15, 0.2) is 0 Å². The highest BCUT2D eigenvalue weighted by atomic mass is 15.5. The molecule has 1 aromatic heterocycles. The van der Waals surface area contributed by atoms with Crippen LogP contribution in [0.2, 0.25) is 0 Å². The molecule has 2 aromatic rings. The predicted molar refractivity (Wildman–Crippen MR) is 85.5 cm³/mol. The van der Waals surface area contributed by atoms with E-state index in [-0.39, 0.29) is 0 Å². The molecular formula is C16H24N4. The minimum atomic E-state index is 0.872. The van der Waals surface area contributed by atoms with Gasteiger partial charge in [-0.3, -0.25) is 15.4 Å². The molecule has 0 aliphatic heterocycles. The molecule has 4 heteroatoms. The summed E-state index contributed by atoms with van der Waals surface area (Å²) in [5.74, 6) is 0. The number of hydrogen-bond acceptors (Lipinski definition) is 4. The van der Waals surface area contributed by atoms with Crippen LogP contribution in [0.4, 0.5) is 5.69 Å². The smallest absolute Gasteiger partial charge is 0.0372 e. The molecule has 0 spiro atoms. The van der Waals surface area contributed by atoms with Crippen LogP contribution in [-0.4, -0.2) is 31.1 Å². The summed E-state index contributed by atoms with van der Waals surface area (Å²) in [6.45, 7) is 2.84. The Kier molecular flexibility index (Phi) is 7.32. The number of anilines is 1. The summed E-state index contributed by atoms with van der Waals surface area (Å²) in [6.07, 6.45) is 1.79. The van der Waals surface area contributed by atoms with Gasteiger partial charge in [0, 0.05) is 45.3 Å². The molecule has 0 amide bonds. The lowest BCUT2D eigenvalue weighted by Crippen LogP contribution is -2.29. The van der Waals surface area contributed by atoms with Gasteiger partial charge in [0.1, 0.15) is 0 Å². The molecule has 0 saturated carbocycles. The first-order valence-electron chi connectivity index (χ1n) is 6.67. The fraction of sp³-hybridized carbons (Fsp3) is 0.312. The average Bonchev–Trinajstić information content (AvgIpc) is 2.47. The van der Waals surface area contributed by atoms with Crippen molar-refractivity contribution in [1.29, 1.82) is 0 Å². The first-order valence-corrected chi connectivity index (χ1v) is 6.67. The maximum absolute atomic E-state index is 3.98. The Morgan fingerprint density at radius 1 is 1.05 bits per heavy atom. The summed E-state index contributed by atoms with van der Waals surface area (Å²) in [6, 6.07) is 14.2. The summed E-state index contributed by atoms with van der Waals surface area (Å²) < 4.78 is 0. The van der Waals surface area contributed by atoms with E-state index in [2.05, 4.69) is 40.0 Å². The van der Waals surface area contributed by atoms with Gasteiger partial charge < -0.3 is 5.32 Å². The molecule has 2 N–H and O–H groups in total. The van der Waals surface area contributed by atoms with Crippen LogP contribution < -0.4 is 10.7 Å². The number of rotatable bonds is 4. The normalized spacial score (nSPS) is 9.85. The molecule has 1 aromatic carbocycles. The SMILES string of the molecule is CNc1ccc(CNN(C)C)cc1.Cc1ccccn1. The van der Waals surface area contributed by atoms with Crippen molar-refractivity contribution < 1.29 is 0 Å². The summed E-state index contributed by atoms with van der Waals surface area (Å²) in [4.78, 5) is 3.98. The van der Waals surface area contributed by atoms with E-state index in [4.69, 9.17) is 0 Å². The first kappa shape index (κ1) is 16.1. The van der Waals surface area contributed by atoms with Gasteiger partial charge in [-0.15, -0.1) is 0 Å². The summed E-state index contributed by atoms with van der Waals surface area (Å²) in [5, 5.41) is 5.04. The molecule has 20 heavy (non-hydrogen) atoms. The monoisotopic (exact) mass is 272 g/mol. The third-order valence-corrected chi connectivity index (χ3v) is 2.65. The molecule has 0 atom stereocenters. The molecule has 0 aliphatic carbocycles. The molecule has 0 aliphatic rings. The average molecular weight is 272 g/mol. The zero-order chi connectivity index (χ0) is 14.8. The topological polar surface area (TPSA) is 40.2 Å². The Morgan fingerprint density at radius 3 is 2.15 bits per heavy atom. The number of benzene rings is 1. The molecule has 0 saturated heterocycles. The number of hydrogen-bond donors (Lipinski definition) is 2. The van der Waals surface area contributed by atoms with Gasteiger partial charge >= 0.3 is 0 Å². The molecular weight excluding hydrogens is 248 g/mol. The van der Waals surface area contributed by atoms with E-state index in [9.17, 15) is 0 Å². The van der Waals surface area contributed by atoms with Crippen molar-refractivity contribution in [2.75, 3.05) is 26.5 Å². The fourth-order valence-electron chi connectivity index (χ4n) is 1.49. The third-order valence-electron chi connectivity index (χ3n) is 2.65. The Labute approximate surface area is 121 Å². The molecule has 108 valence electrons. The van der Waals surface area contributed by atoms with Gasteiger partial charge in [-0.2, -0.15) is 0 Å². The van der Waals surface area contributed by atoms with E-state index in [1.807, 2.05) is 51.3 Å². The second-order valence-corrected chi connectivity index (χ2v) is 4.65. The van der Waals surface area contributed by atoms with Gasteiger partial charge in [0.2, 0.25) is 0 Å². The van der Waals surface area contributed by atoms with Crippen LogP contribution in [0.15, 0.2) is 48.7 Å². The Hall–Kier alpha value is -1.91. The zero-order valence-corrected chi connectivity index (χ0v) is 12.7. The van der Waals surface area contributed by atoms with Gasteiger partial charge in [0.05, 0.1) is 0 Å². The van der Waals surface area contributed by atoms with Crippen molar-refractivity contribution in [3.05, 3.63) is 59.9 Å². The van der Waals surface area contributed by atoms with Gasteiger partial charge in [-0.05, 0) is 36.8 Å². The molecule has 0 fully saturated rings. The maximum Gasteiger partial charge on any atom is 0.0372 e. The van der Waals surface area contributed by atoms with E-state index >= 15 is 0 Å². The van der Waals surface area contributed by atoms with Crippen molar-refractivity contribution in [2.24, 2.45) is 0 Å². The molecule has 0 radical (unpaired) electrons. The van der Waals surface area contributed by atoms with Crippen LogP contribution in [0.25, 0.3) is 0 Å². The highest BCUT2D eigenvalue weighted by Crippen LogP contribution is 2.07. The molecule has 0 bridgehead atoms. The minimum absolute atomic E-state index is 0.872. The summed E-state index contributed by atoms with van der Waals surface area (Å²) in [7, 11) is 5.90. The lowest BCUT2D eigenvalue weighted by Gasteiger charge is -2.11. The van der Waals surface area contributed by atoms with Gasteiger partial charge in [-0.1, -0.05) is 18.2 Å². The van der Waals surface area contributed by atoms with Crippen molar-refractivity contribution in [3.8, 4) is 0 Å². The second-order valence-electron chi connectivity index (χ2n) is 4.65. The van der Waals surface area contributed by atoms with Crippen LogP contribution >= 0.6 is 0 Å². The molecule has 4 nitrogen and oxygen atoms in total. The van der Waals surface area contributed by atoms with E-state index in [1.165, 1.54) is 5.56 Å². The minimum Gasteiger partial charge on any atom is -0.388 e. The highest BCUT2D eigenvalue weighted by molar-refractivity contribution is 5.43. The number of aromatic nitrogens is 1. The van der Waals surface area contributed by atoms with E-state index in [0.717, 1.165) is 17.9 Å². The number of nitrogens with zero attached hydrogens (tertiary/aromatic N) is 2. The van der Waals surface area contributed by atoms with Crippen LogP contribution in [0.3, 0.4) is 0 Å². The molecule has 1 heterocycles. The van der Waals surface area contributed by atoms with Crippen molar-refractivity contribution >= 4 is 5.69 Å². The van der Waals surface area contributed by atoms with Gasteiger partial charge in [0.25, 0.3) is 0 Å². The number of hydrazine groups is 1. The lowest BCUT2D eigenvalue weighted by atomic mass is 10.2. The number of pyridine rings is 1. The molecule has 0 unspecified atom stereocenters. The Morgan fingerprint density at radius 2 is 1.75 bits per heavy atom. The predicted octanol–water partition coefficient (Wildman–Crippen LogP) is 2.68. The van der Waals surface area contributed by atoms with Crippen LogP contribution in [0.5, 0.6) is 0 Å². The largest absolute Gasteiger partial charge is 0.388 e. The summed E-state index contributed by atoms with van der Waals surface area (Å²) >= 11 is 0. The first-order chi connectivity index (χ1) is 9.61. The number of aryl methyl sites for hydroxylation is 1. The van der Waals surface area contributed by atoms with Crippen LogP contribution in [-0.2, 0) is 6.54 Å². The highest BCUT2D eigenvalue weighted by Gasteiger charge is 1.93. The lowest BCUT2D eigenvalue weighted by molar-refractivity contribution is 0.286. The van der Waals surface area contributed by atoms with Crippen molar-refractivity contribution in [2.45, 2.75) is 13.5 Å². The maximum atomic E-state index is 3.98. The van der Waals surface area contributed by atoms with E-state index in [1.54, 1.807) is 6.20 Å². The fourth-order valence-corrected chi connectivity index (χ4v) is 1.49. The van der Waals surface area contributed by atoms with Gasteiger partial charge in [-0.25, -0.2) is 0 Å². The number of nitrogens with one attached hydrogen (secondary N) is 2. The van der Waals surface area contributed by atoms with Crippen molar-refractivity contribution in [3.63, 3.8) is 0 Å². The van der Waals surface area contributed by atoms with Crippen LogP contribution in [0, 0.1) is 6.92 Å². The zero-order valence-electron chi connectivity index (χ0n) is 12.7. The quantitative estimate of drug-likeness (QED) is 0.840. The molecule has 2 rings (SSSR count). The third kappa shape index (κ3) is 6.87. The Balaban J connectivity index is 0.000000240. The Bertz CT molecular complexity index is 466. The van der Waals surface area contributed by atoms with E-state index in [0.29, 0.717) is 0 Å².